The van der Waals surface area contributed by atoms with E-state index in [0.29, 0.717) is 43.2 Å². The van der Waals surface area contributed by atoms with Gasteiger partial charge < -0.3 is 34.7 Å². The molecule has 0 aliphatic rings. The molecule has 0 fully saturated rings. The van der Waals surface area contributed by atoms with E-state index in [1.807, 2.05) is 28.2 Å². The molecule has 2 N–H and O–H groups in total. The van der Waals surface area contributed by atoms with Gasteiger partial charge >= 0.3 is 19.6 Å². The van der Waals surface area contributed by atoms with Crippen LogP contribution in [0.1, 0.15) is 30.5 Å². The molecule has 0 aromatic heterocycles. The van der Waals surface area contributed by atoms with E-state index < -0.39 is 10.2 Å². The number of carbonyl (C=O) groups excluding carboxylic acids is 4. The molecule has 0 aromatic rings. The fraction of sp³-hybridized carbons (Fsp3) is 0.727. The molecule has 0 unspecified atom stereocenters. The second kappa shape index (κ2) is 28.0. The first kappa shape index (κ1) is 47.3. The van der Waals surface area contributed by atoms with Crippen LogP contribution >= 0.6 is 23.2 Å². The van der Waals surface area contributed by atoms with Gasteiger partial charge in [0.25, 0.3) is 0 Å². The van der Waals surface area contributed by atoms with Crippen LogP contribution in [0, 0.1) is 22.1 Å². The third-order valence-electron chi connectivity index (χ3n) is 3.90. The van der Waals surface area contributed by atoms with Crippen molar-refractivity contribution in [2.45, 2.75) is 27.7 Å². The van der Waals surface area contributed by atoms with Crippen molar-refractivity contribution in [3.63, 3.8) is 0 Å². The molecular weight excluding hydrogens is 614 g/mol. The minimum Gasteiger partial charge on any atom is -0.335 e. The molecule has 0 bridgehead atoms. The van der Waals surface area contributed by atoms with Gasteiger partial charge in [0.2, 0.25) is 0 Å². The summed E-state index contributed by atoms with van der Waals surface area (Å²) < 4.78 is 34.0. The van der Waals surface area contributed by atoms with Crippen molar-refractivity contribution in [2.75, 3.05) is 79.2 Å². The van der Waals surface area contributed by atoms with E-state index in [1.165, 1.54) is 27.7 Å². The summed E-state index contributed by atoms with van der Waals surface area (Å²) in [6, 6.07) is 0. The number of hydrogen-bond donors (Lipinski definition) is 1. The zero-order chi connectivity index (χ0) is 30.4. The molecule has 0 aromatic carbocycles. The van der Waals surface area contributed by atoms with Crippen LogP contribution in [0.2, 0.25) is 0 Å². The molecule has 0 aliphatic heterocycles. The molecule has 0 rings (SSSR count). The summed E-state index contributed by atoms with van der Waals surface area (Å²) in [4.78, 5) is 49.1. The Morgan fingerprint density at radius 2 is 0.947 bits per heavy atom. The maximum atomic E-state index is 10.8. The van der Waals surface area contributed by atoms with Gasteiger partial charge in [-0.2, -0.15) is 0 Å². The summed E-state index contributed by atoms with van der Waals surface area (Å²) in [5, 5.41) is 0. The standard InChI is InChI=1S/2C8H14NO2.C6H14Cl2N2.ClHO4.Co/c2*1-6(10)8(7(2)11)5-9(3)4;7-1-4-10(5-2-8)6-3-9;2-1(3,4)5;/h2*5H2,1-4H3;1-6,9H2;(H,2,3,4,5);/q2*-1;;;+3/p+1. The number of alkyl halides is 2. The Morgan fingerprint density at radius 1 is 0.711 bits per heavy atom. The van der Waals surface area contributed by atoms with E-state index in [2.05, 4.69) is 4.90 Å². The number of ketones is 4. The topological polar surface area (TPSA) is 196 Å². The van der Waals surface area contributed by atoms with E-state index in [9.17, 15) is 19.2 Å². The molecule has 0 atom stereocenters. The molecule has 38 heavy (non-hydrogen) atoms. The second-order valence-electron chi connectivity index (χ2n) is 8.04. The number of rotatable bonds is 14. The smallest absolute Gasteiger partial charge is 0.335 e. The number of Topliss-reactive ketones (excluding diaryl/α,β-unsaturated/α-hetero) is 4. The molecular formula is C22H44Cl3CoN4O8+2. The number of carbonyl (C=O) groups is 4. The van der Waals surface area contributed by atoms with Gasteiger partial charge in [0, 0.05) is 61.1 Å². The minimum absolute atomic E-state index is 0. The Bertz CT molecular complexity index is 567. The second-order valence-corrected chi connectivity index (χ2v) is 9.56. The Balaban J connectivity index is -0.0000000729. The van der Waals surface area contributed by atoms with Crippen molar-refractivity contribution in [1.82, 2.24) is 14.7 Å². The normalized spacial score (nSPS) is 10.2. The number of halogens is 3. The van der Waals surface area contributed by atoms with Crippen molar-refractivity contribution in [2.24, 2.45) is 5.73 Å². The van der Waals surface area contributed by atoms with Crippen molar-refractivity contribution >= 4 is 46.3 Å². The van der Waals surface area contributed by atoms with Crippen molar-refractivity contribution in [1.29, 1.82) is 0 Å². The van der Waals surface area contributed by atoms with Crippen LogP contribution in [-0.4, -0.2) is 117 Å². The van der Waals surface area contributed by atoms with Gasteiger partial charge in [-0.25, -0.2) is 30.5 Å². The van der Waals surface area contributed by atoms with Gasteiger partial charge in [0.15, 0.2) is 0 Å². The molecule has 0 heterocycles. The Hall–Kier alpha value is -0.524. The maximum Gasteiger partial charge on any atom is 3.00 e. The summed E-state index contributed by atoms with van der Waals surface area (Å²) in [6.07, 6.45) is 0. The Morgan fingerprint density at radius 3 is 1.05 bits per heavy atom. The van der Waals surface area contributed by atoms with Gasteiger partial charge in [-0.15, -0.1) is 46.5 Å². The van der Waals surface area contributed by atoms with Gasteiger partial charge in [-0.1, -0.05) is 0 Å². The molecule has 0 aliphatic carbocycles. The van der Waals surface area contributed by atoms with Crippen LogP contribution in [-0.2, 0) is 36.0 Å². The summed E-state index contributed by atoms with van der Waals surface area (Å²) in [7, 11) is 2.36. The largest absolute Gasteiger partial charge is 3.00 e. The fourth-order valence-electron chi connectivity index (χ4n) is 2.33. The van der Waals surface area contributed by atoms with Crippen molar-refractivity contribution in [3.05, 3.63) is 11.8 Å². The zero-order valence-electron chi connectivity index (χ0n) is 25.3. The third kappa shape index (κ3) is 40.0. The first-order valence-electron chi connectivity index (χ1n) is 11.0. The van der Waals surface area contributed by atoms with E-state index >= 15 is 0 Å². The van der Waals surface area contributed by atoms with E-state index in [-0.39, 0.29) is 42.8 Å². The SMILES string of the molecule is CC(=O)[C-](CN(C)C)C(C)=O.CC(=O)[C-](CN(C)C)C(C)=O.NCCN(CCCl)CCCl.[Co+3].[H+].[H+].[O-][Cl+3]([O-])([O-])[O-]. The fourth-order valence-corrected chi connectivity index (χ4v) is 2.81. The van der Waals surface area contributed by atoms with Gasteiger partial charge in [-0.3, -0.25) is 4.90 Å². The number of nitrogens with two attached hydrogens (primary N) is 1. The van der Waals surface area contributed by atoms with Gasteiger partial charge in [-0.05, 0) is 55.9 Å². The summed E-state index contributed by atoms with van der Waals surface area (Å²) >= 11 is 11.1. The zero-order valence-corrected chi connectivity index (χ0v) is 26.6. The molecule has 16 heteroatoms. The number of hydrogen-bond acceptors (Lipinski definition) is 12. The van der Waals surface area contributed by atoms with Crippen LogP contribution in [0.5, 0.6) is 0 Å². The van der Waals surface area contributed by atoms with E-state index in [0.717, 1.165) is 19.6 Å². The predicted molar refractivity (Wildman–Crippen MR) is 135 cm³/mol. The quantitative estimate of drug-likeness (QED) is 0.112. The number of nitrogens with zero attached hydrogens (tertiary/aromatic N) is 3. The summed E-state index contributed by atoms with van der Waals surface area (Å²) in [5.74, 6) is 1.51. The predicted octanol–water partition coefficient (Wildman–Crippen LogP) is -3.21. The molecule has 12 nitrogen and oxygen atoms in total. The maximum absolute atomic E-state index is 10.8. The average molecular weight is 658 g/mol. The van der Waals surface area contributed by atoms with Crippen LogP contribution in [0.25, 0.3) is 0 Å². The van der Waals surface area contributed by atoms with Gasteiger partial charge in [0.05, 0.1) is 0 Å². The molecule has 0 spiro atoms. The van der Waals surface area contributed by atoms with E-state index in [1.54, 1.807) is 9.80 Å². The Kier molecular flexibility index (Phi) is 34.9. The molecule has 0 amide bonds. The van der Waals surface area contributed by atoms with Crippen molar-refractivity contribution in [3.8, 4) is 0 Å². The first-order chi connectivity index (χ1) is 16.7. The third-order valence-corrected chi connectivity index (χ3v) is 4.23. The van der Waals surface area contributed by atoms with Crippen LogP contribution in [0.3, 0.4) is 0 Å². The van der Waals surface area contributed by atoms with Crippen LogP contribution in [0.4, 0.5) is 0 Å². The average Bonchev–Trinajstić information content (AvgIpc) is 2.69. The summed E-state index contributed by atoms with van der Waals surface area (Å²) in [6.45, 7) is 9.86. The minimum atomic E-state index is -4.94. The first-order valence-corrected chi connectivity index (χ1v) is 13.3. The Labute approximate surface area is 252 Å². The van der Waals surface area contributed by atoms with Crippen LogP contribution < -0.4 is 24.4 Å². The monoisotopic (exact) mass is 656 g/mol. The molecule has 0 saturated carbocycles. The summed E-state index contributed by atoms with van der Waals surface area (Å²) in [5.41, 5.74) is 5.36. The van der Waals surface area contributed by atoms with Gasteiger partial charge in [0.1, 0.15) is 0 Å². The van der Waals surface area contributed by atoms with Crippen molar-refractivity contribution < 1.29 is 67.7 Å². The van der Waals surface area contributed by atoms with E-state index in [4.69, 9.17) is 47.6 Å². The van der Waals surface area contributed by atoms with Crippen LogP contribution in [0.15, 0.2) is 0 Å². The molecule has 0 radical (unpaired) electrons. The molecule has 228 valence electrons. The molecule has 0 saturated heterocycles.